The highest BCUT2D eigenvalue weighted by Gasteiger charge is 2.30. The lowest BCUT2D eigenvalue weighted by Crippen LogP contribution is -2.44. The van der Waals surface area contributed by atoms with Gasteiger partial charge in [-0.3, -0.25) is 19.1 Å². The van der Waals surface area contributed by atoms with Crippen molar-refractivity contribution in [2.45, 2.75) is 52.2 Å². The summed E-state index contributed by atoms with van der Waals surface area (Å²) >= 11 is 0. The van der Waals surface area contributed by atoms with E-state index in [1.54, 1.807) is 20.5 Å². The number of morpholine rings is 1. The highest BCUT2D eigenvalue weighted by atomic mass is 16.5. The summed E-state index contributed by atoms with van der Waals surface area (Å²) < 4.78 is 6.99. The second kappa shape index (κ2) is 11.5. The van der Waals surface area contributed by atoms with Crippen LogP contribution in [0.1, 0.15) is 59.7 Å². The minimum absolute atomic E-state index is 0.0294. The second-order valence-electron chi connectivity index (χ2n) is 9.20. The van der Waals surface area contributed by atoms with Crippen LogP contribution in [0.25, 0.3) is 0 Å². The fraction of sp³-hybridized carbons (Fsp3) is 0.538. The van der Waals surface area contributed by atoms with Crippen LogP contribution in [0, 0.1) is 0 Å². The molecule has 9 nitrogen and oxygen atoms in total. The Labute approximate surface area is 206 Å². The normalized spacial score (nSPS) is 17.0. The summed E-state index contributed by atoms with van der Waals surface area (Å²) in [5.74, 6) is -0.325. The fourth-order valence-corrected chi connectivity index (χ4v) is 4.57. The molecular formula is C26H35N5O4. The Morgan fingerprint density at radius 1 is 1.11 bits per heavy atom. The van der Waals surface area contributed by atoms with Crippen LogP contribution in [0.2, 0.25) is 0 Å². The van der Waals surface area contributed by atoms with E-state index in [2.05, 4.69) is 5.10 Å². The van der Waals surface area contributed by atoms with Crippen molar-refractivity contribution in [1.29, 1.82) is 0 Å². The van der Waals surface area contributed by atoms with E-state index in [0.717, 1.165) is 18.4 Å². The number of nitrogens with zero attached hydrogens (tertiary/aromatic N) is 5. The molecule has 3 amide bonds. The number of ether oxygens (including phenoxy) is 1. The Balaban J connectivity index is 1.47. The number of hydrogen-bond acceptors (Lipinski definition) is 5. The van der Waals surface area contributed by atoms with E-state index in [9.17, 15) is 14.4 Å². The molecule has 1 saturated heterocycles. The second-order valence-corrected chi connectivity index (χ2v) is 9.20. The lowest BCUT2D eigenvalue weighted by atomic mass is 10.1. The van der Waals surface area contributed by atoms with Crippen molar-refractivity contribution >= 4 is 17.7 Å². The van der Waals surface area contributed by atoms with E-state index in [1.807, 2.05) is 49.1 Å². The van der Waals surface area contributed by atoms with E-state index in [1.165, 1.54) is 0 Å². The molecule has 188 valence electrons. The molecule has 1 aromatic heterocycles. The van der Waals surface area contributed by atoms with Crippen molar-refractivity contribution in [1.82, 2.24) is 24.5 Å². The molecule has 2 aliphatic heterocycles. The summed E-state index contributed by atoms with van der Waals surface area (Å²) in [6.07, 6.45) is 1.78. The summed E-state index contributed by atoms with van der Waals surface area (Å²) in [5, 5.41) is 4.52. The first-order valence-corrected chi connectivity index (χ1v) is 12.6. The summed E-state index contributed by atoms with van der Waals surface area (Å²) in [6, 6.07) is 11.5. The van der Waals surface area contributed by atoms with Gasteiger partial charge >= 0.3 is 0 Å². The highest BCUT2D eigenvalue weighted by Crippen LogP contribution is 2.19. The van der Waals surface area contributed by atoms with Crippen LogP contribution >= 0.6 is 0 Å². The van der Waals surface area contributed by atoms with Crippen molar-refractivity contribution in [3.05, 3.63) is 53.3 Å². The number of carbonyl (C=O) groups excluding carboxylic acids is 3. The maximum absolute atomic E-state index is 13.5. The van der Waals surface area contributed by atoms with Gasteiger partial charge in [0.2, 0.25) is 5.91 Å². The number of benzene rings is 1. The van der Waals surface area contributed by atoms with Gasteiger partial charge < -0.3 is 19.4 Å². The number of rotatable bonds is 8. The zero-order valence-corrected chi connectivity index (χ0v) is 20.7. The maximum atomic E-state index is 13.5. The summed E-state index contributed by atoms with van der Waals surface area (Å²) in [5.41, 5.74) is 1.77. The van der Waals surface area contributed by atoms with Gasteiger partial charge in [0.25, 0.3) is 11.8 Å². The van der Waals surface area contributed by atoms with Gasteiger partial charge in [0.05, 0.1) is 13.2 Å². The molecule has 0 aliphatic carbocycles. The molecule has 3 heterocycles. The molecule has 9 heteroatoms. The minimum Gasteiger partial charge on any atom is -0.378 e. The first-order chi connectivity index (χ1) is 17.0. The van der Waals surface area contributed by atoms with E-state index < -0.39 is 0 Å². The minimum atomic E-state index is -0.239. The molecule has 0 radical (unpaired) electrons. The van der Waals surface area contributed by atoms with Crippen LogP contribution in [-0.4, -0.2) is 87.6 Å². The summed E-state index contributed by atoms with van der Waals surface area (Å²) in [7, 11) is 0. The molecule has 2 aromatic rings. The van der Waals surface area contributed by atoms with Gasteiger partial charge in [-0.1, -0.05) is 37.3 Å². The first-order valence-electron chi connectivity index (χ1n) is 12.6. The standard InChI is InChI=1S/C26H35N5O4/c1-3-20(2)30(13-10-24(32)28-14-16-35-17-15-28)25(33)22-18-23-26(34)29(11-7-12-31(23)27-22)19-21-8-5-4-6-9-21/h4-6,8-9,18,20H,3,7,10-17,19H2,1-2H3/t20-/m1/s1. The Morgan fingerprint density at radius 3 is 2.57 bits per heavy atom. The van der Waals surface area contributed by atoms with E-state index in [0.29, 0.717) is 58.2 Å². The zero-order valence-electron chi connectivity index (χ0n) is 20.7. The molecule has 0 bridgehead atoms. The number of carbonyl (C=O) groups is 3. The van der Waals surface area contributed by atoms with Gasteiger partial charge in [0, 0.05) is 57.8 Å². The van der Waals surface area contributed by atoms with Crippen LogP contribution in [-0.2, 0) is 22.6 Å². The van der Waals surface area contributed by atoms with Gasteiger partial charge in [-0.05, 0) is 25.3 Å². The molecule has 0 unspecified atom stereocenters. The Kier molecular flexibility index (Phi) is 8.17. The number of amides is 3. The van der Waals surface area contributed by atoms with Crippen molar-refractivity contribution < 1.29 is 19.1 Å². The van der Waals surface area contributed by atoms with E-state index in [-0.39, 0.29) is 35.9 Å². The Bertz CT molecular complexity index is 1030. The fourth-order valence-electron chi connectivity index (χ4n) is 4.57. The molecule has 35 heavy (non-hydrogen) atoms. The molecule has 0 N–H and O–H groups in total. The van der Waals surface area contributed by atoms with Crippen LogP contribution < -0.4 is 0 Å². The molecule has 0 saturated carbocycles. The predicted octanol–water partition coefficient (Wildman–Crippen LogP) is 2.42. The Hall–Kier alpha value is -3.20. The molecule has 1 aromatic carbocycles. The molecule has 1 fully saturated rings. The lowest BCUT2D eigenvalue weighted by molar-refractivity contribution is -0.135. The van der Waals surface area contributed by atoms with Crippen molar-refractivity contribution in [2.75, 3.05) is 39.4 Å². The number of aryl methyl sites for hydroxylation is 1. The van der Waals surface area contributed by atoms with Crippen molar-refractivity contribution in [3.8, 4) is 0 Å². The molecule has 0 spiro atoms. The number of hydrogen-bond donors (Lipinski definition) is 0. The average Bonchev–Trinajstić information content (AvgIpc) is 3.26. The largest absolute Gasteiger partial charge is 0.378 e. The SMILES string of the molecule is CC[C@@H](C)N(CCC(=O)N1CCOCC1)C(=O)c1cc2n(n1)CCCN(Cc1ccccc1)C2=O. The van der Waals surface area contributed by atoms with Crippen molar-refractivity contribution in [2.24, 2.45) is 0 Å². The van der Waals surface area contributed by atoms with Gasteiger partial charge in [-0.15, -0.1) is 0 Å². The summed E-state index contributed by atoms with van der Waals surface area (Å²) in [4.78, 5) is 44.8. The van der Waals surface area contributed by atoms with Gasteiger partial charge in [0.1, 0.15) is 5.69 Å². The topological polar surface area (TPSA) is 88.0 Å². The van der Waals surface area contributed by atoms with Gasteiger partial charge in [-0.2, -0.15) is 5.10 Å². The van der Waals surface area contributed by atoms with Gasteiger partial charge in [0.15, 0.2) is 5.69 Å². The third kappa shape index (κ3) is 5.90. The van der Waals surface area contributed by atoms with Crippen molar-refractivity contribution in [3.63, 3.8) is 0 Å². The van der Waals surface area contributed by atoms with Crippen LogP contribution in [0.15, 0.2) is 36.4 Å². The van der Waals surface area contributed by atoms with E-state index >= 15 is 0 Å². The first kappa shape index (κ1) is 24.9. The molecule has 4 rings (SSSR count). The number of fused-ring (bicyclic) bond motifs is 1. The summed E-state index contributed by atoms with van der Waals surface area (Å²) in [6.45, 7) is 8.34. The molecule has 2 aliphatic rings. The predicted molar refractivity (Wildman–Crippen MR) is 131 cm³/mol. The van der Waals surface area contributed by atoms with Crippen LogP contribution in [0.3, 0.4) is 0 Å². The van der Waals surface area contributed by atoms with Crippen LogP contribution in [0.4, 0.5) is 0 Å². The highest BCUT2D eigenvalue weighted by molar-refractivity contribution is 5.98. The van der Waals surface area contributed by atoms with Crippen LogP contribution in [0.5, 0.6) is 0 Å². The lowest BCUT2D eigenvalue weighted by Gasteiger charge is -2.30. The number of aromatic nitrogens is 2. The average molecular weight is 482 g/mol. The van der Waals surface area contributed by atoms with E-state index in [4.69, 9.17) is 4.74 Å². The molecular weight excluding hydrogens is 446 g/mol. The third-order valence-electron chi connectivity index (χ3n) is 6.83. The van der Waals surface area contributed by atoms with Gasteiger partial charge in [-0.25, -0.2) is 0 Å². The third-order valence-corrected chi connectivity index (χ3v) is 6.83. The monoisotopic (exact) mass is 481 g/mol. The zero-order chi connectivity index (χ0) is 24.8. The molecule has 1 atom stereocenters. The smallest absolute Gasteiger partial charge is 0.274 e. The quantitative estimate of drug-likeness (QED) is 0.578. The Morgan fingerprint density at radius 2 is 1.86 bits per heavy atom. The maximum Gasteiger partial charge on any atom is 0.274 e.